The highest BCUT2D eigenvalue weighted by atomic mass is 35.5. The Morgan fingerprint density at radius 3 is 2.49 bits per heavy atom. The third-order valence-electron chi connectivity index (χ3n) is 9.53. The van der Waals surface area contributed by atoms with Crippen LogP contribution in [0.4, 0.5) is 0 Å². The normalized spacial score (nSPS) is 24.1. The van der Waals surface area contributed by atoms with Crippen molar-refractivity contribution in [3.63, 3.8) is 0 Å². The first kappa shape index (κ1) is 26.7. The van der Waals surface area contributed by atoms with Crippen molar-refractivity contribution < 1.29 is 19.2 Å². The van der Waals surface area contributed by atoms with Gasteiger partial charge < -0.3 is 18.9 Å². The van der Waals surface area contributed by atoms with Crippen LogP contribution in [-0.4, -0.2) is 31.4 Å². The fraction of sp³-hybridized carbons (Fsp3) is 0.406. The highest BCUT2D eigenvalue weighted by Gasteiger charge is 2.48. The number of rotatable bonds is 8. The van der Waals surface area contributed by atoms with E-state index < -0.39 is 5.97 Å². The second-order valence-corrected chi connectivity index (χ2v) is 12.8. The Balaban J connectivity index is 1.07. The van der Waals surface area contributed by atoms with E-state index >= 15 is 0 Å². The summed E-state index contributed by atoms with van der Waals surface area (Å²) >= 11 is 13.0. The quantitative estimate of drug-likeness (QED) is 0.221. The molecule has 4 saturated carbocycles. The monoisotopic (exact) mass is 591 g/mol. The van der Waals surface area contributed by atoms with Gasteiger partial charge in [-0.15, -0.1) is 0 Å². The van der Waals surface area contributed by atoms with Crippen LogP contribution in [-0.2, 0) is 18.4 Å². The molecule has 4 fully saturated rings. The van der Waals surface area contributed by atoms with Gasteiger partial charge in [-0.2, -0.15) is 0 Å². The van der Waals surface area contributed by atoms with Crippen molar-refractivity contribution >= 4 is 46.2 Å². The Bertz CT molecular complexity index is 1660. The van der Waals surface area contributed by atoms with E-state index in [4.69, 9.17) is 32.5 Å². The minimum atomic E-state index is -0.913. The largest absolute Gasteiger partial charge is 0.477 e. The number of halogens is 2. The van der Waals surface area contributed by atoms with Crippen molar-refractivity contribution in [3.05, 3.63) is 75.4 Å². The number of carboxylic acid groups (broad SMARTS) is 1. The molecule has 2 bridgehead atoms. The number of aryl methyl sites for hydroxylation is 1. The molecule has 1 N–H and O–H groups in total. The number of carbonyl (C=O) groups is 1. The van der Waals surface area contributed by atoms with Crippen LogP contribution in [0, 0.1) is 5.41 Å². The number of hydrogen-bond acceptors (Lipinski definition) is 5. The van der Waals surface area contributed by atoms with Crippen LogP contribution in [0.25, 0.3) is 28.2 Å². The fourth-order valence-corrected chi connectivity index (χ4v) is 7.31. The van der Waals surface area contributed by atoms with E-state index in [9.17, 15) is 9.90 Å². The summed E-state index contributed by atoms with van der Waals surface area (Å²) in [6.07, 6.45) is 16.2. The number of nitrogens with zero attached hydrogens (tertiary/aromatic N) is 3. The maximum Gasteiger partial charge on any atom is 0.352 e. The fourth-order valence-electron chi connectivity index (χ4n) is 6.76. The van der Waals surface area contributed by atoms with Crippen LogP contribution < -0.4 is 0 Å². The van der Waals surface area contributed by atoms with E-state index in [1.807, 2.05) is 6.07 Å². The molecule has 1 aromatic carbocycles. The number of aromatic carboxylic acids is 1. The molecule has 0 amide bonds. The zero-order valence-electron chi connectivity index (χ0n) is 22.8. The van der Waals surface area contributed by atoms with Gasteiger partial charge in [0.15, 0.2) is 0 Å². The van der Waals surface area contributed by atoms with E-state index in [1.54, 1.807) is 30.1 Å². The molecule has 0 saturated heterocycles. The average molecular weight is 593 g/mol. The van der Waals surface area contributed by atoms with Crippen LogP contribution in [0.1, 0.15) is 84.7 Å². The SMILES string of the molecule is Cn1c(C(=O)O)cc2ccc(/C=C/C34CCC(OCc5c(-c6c(Cl)cncc6Cl)noc5C5CC5)(CC3)CC4)cc21. The summed E-state index contributed by atoms with van der Waals surface area (Å²) in [5.74, 6) is 0.367. The zero-order valence-corrected chi connectivity index (χ0v) is 24.3. The summed E-state index contributed by atoms with van der Waals surface area (Å²) in [5, 5.41) is 15.7. The van der Waals surface area contributed by atoms with Crippen molar-refractivity contribution in [2.75, 3.05) is 0 Å². The molecule has 0 radical (unpaired) electrons. The molecule has 9 heteroatoms. The molecule has 3 heterocycles. The lowest BCUT2D eigenvalue weighted by atomic mass is 9.58. The molecule has 0 spiro atoms. The van der Waals surface area contributed by atoms with Crippen LogP contribution in [0.3, 0.4) is 0 Å². The summed E-state index contributed by atoms with van der Waals surface area (Å²) in [6.45, 7) is 0.428. The van der Waals surface area contributed by atoms with Crippen molar-refractivity contribution in [2.24, 2.45) is 12.5 Å². The Kier molecular flexibility index (Phi) is 6.53. The van der Waals surface area contributed by atoms with Crippen LogP contribution >= 0.6 is 23.2 Å². The molecule has 8 rings (SSSR count). The Morgan fingerprint density at radius 1 is 1.12 bits per heavy atom. The lowest BCUT2D eigenvalue weighted by Crippen LogP contribution is -2.46. The van der Waals surface area contributed by atoms with Crippen molar-refractivity contribution in [3.8, 4) is 11.3 Å². The van der Waals surface area contributed by atoms with Crippen molar-refractivity contribution in [2.45, 2.75) is 69.5 Å². The van der Waals surface area contributed by atoms with Gasteiger partial charge in [0.25, 0.3) is 0 Å². The van der Waals surface area contributed by atoms with Gasteiger partial charge in [-0.25, -0.2) is 4.79 Å². The second-order valence-electron chi connectivity index (χ2n) is 12.0. The maximum absolute atomic E-state index is 11.5. The molecule has 41 heavy (non-hydrogen) atoms. The summed E-state index contributed by atoms with van der Waals surface area (Å²) in [5.41, 5.74) is 4.60. The first-order valence-electron chi connectivity index (χ1n) is 14.2. The third kappa shape index (κ3) is 4.78. The van der Waals surface area contributed by atoms with Gasteiger partial charge in [0, 0.05) is 47.4 Å². The number of ether oxygens (including phenoxy) is 1. The van der Waals surface area contributed by atoms with Gasteiger partial charge in [-0.3, -0.25) is 4.98 Å². The van der Waals surface area contributed by atoms with E-state index in [0.717, 1.165) is 79.2 Å². The molecule has 7 nitrogen and oxygen atoms in total. The molecule has 0 atom stereocenters. The first-order chi connectivity index (χ1) is 19.8. The average Bonchev–Trinajstić information content (AvgIpc) is 3.65. The Morgan fingerprint density at radius 2 is 1.83 bits per heavy atom. The summed E-state index contributed by atoms with van der Waals surface area (Å²) < 4.78 is 14.3. The van der Waals surface area contributed by atoms with Gasteiger partial charge in [0.1, 0.15) is 17.1 Å². The Labute approximate surface area is 248 Å². The minimum Gasteiger partial charge on any atom is -0.477 e. The summed E-state index contributed by atoms with van der Waals surface area (Å²) in [7, 11) is 1.80. The molecular formula is C32H31Cl2N3O4. The third-order valence-corrected chi connectivity index (χ3v) is 10.1. The molecule has 212 valence electrons. The number of hydrogen-bond donors (Lipinski definition) is 1. The van der Waals surface area contributed by atoms with Gasteiger partial charge in [0.2, 0.25) is 0 Å². The molecule has 0 unspecified atom stereocenters. The highest BCUT2D eigenvalue weighted by Crippen LogP contribution is 2.55. The van der Waals surface area contributed by atoms with Crippen LogP contribution in [0.2, 0.25) is 10.0 Å². The number of aromatic nitrogens is 3. The predicted molar refractivity (Wildman–Crippen MR) is 158 cm³/mol. The van der Waals surface area contributed by atoms with E-state index in [-0.39, 0.29) is 11.0 Å². The van der Waals surface area contributed by atoms with E-state index in [0.29, 0.717) is 39.5 Å². The van der Waals surface area contributed by atoms with Crippen molar-refractivity contribution in [1.82, 2.24) is 14.7 Å². The summed E-state index contributed by atoms with van der Waals surface area (Å²) in [4.78, 5) is 15.6. The van der Waals surface area contributed by atoms with Gasteiger partial charge in [-0.1, -0.05) is 52.6 Å². The zero-order chi connectivity index (χ0) is 28.4. The van der Waals surface area contributed by atoms with Crippen LogP contribution in [0.15, 0.2) is 47.3 Å². The van der Waals surface area contributed by atoms with Crippen LogP contribution in [0.5, 0.6) is 0 Å². The number of benzene rings is 1. The lowest BCUT2D eigenvalue weighted by molar-refractivity contribution is -0.133. The minimum absolute atomic E-state index is 0.147. The molecule has 4 aliphatic carbocycles. The highest BCUT2D eigenvalue weighted by molar-refractivity contribution is 6.38. The van der Waals surface area contributed by atoms with Gasteiger partial charge in [0.05, 0.1) is 22.3 Å². The molecule has 4 aromatic rings. The predicted octanol–water partition coefficient (Wildman–Crippen LogP) is 8.43. The smallest absolute Gasteiger partial charge is 0.352 e. The molecule has 4 aliphatic rings. The van der Waals surface area contributed by atoms with E-state index in [2.05, 4.69) is 34.4 Å². The molecule has 0 aliphatic heterocycles. The topological polar surface area (TPSA) is 90.4 Å². The Hall–Kier alpha value is -3.13. The van der Waals surface area contributed by atoms with Gasteiger partial charge in [-0.05, 0) is 74.5 Å². The first-order valence-corrected chi connectivity index (χ1v) is 15.0. The van der Waals surface area contributed by atoms with Gasteiger partial charge >= 0.3 is 5.97 Å². The standard InChI is InChI=1S/C32H31Cl2N3O4/c1-37-25-14-19(2-3-21(25)15-26(37)30(38)39)6-7-31-8-11-32(12-9-31,13-10-31)40-18-22-28(36-41-29(22)20-4-5-20)27-23(33)16-35-17-24(27)34/h2-3,6-7,14-17,20H,4-5,8-13,18H2,1H3,(H,38,39)/b7-6+. The number of pyridine rings is 1. The van der Waals surface area contributed by atoms with Crippen molar-refractivity contribution in [1.29, 1.82) is 0 Å². The molecular weight excluding hydrogens is 561 g/mol. The second kappa shape index (κ2) is 10.0. The van der Waals surface area contributed by atoms with E-state index in [1.165, 1.54) is 0 Å². The number of fused-ring (bicyclic) bond motifs is 4. The molecule has 3 aromatic heterocycles. The lowest BCUT2D eigenvalue weighted by Gasteiger charge is -2.52. The number of allylic oxidation sites excluding steroid dienone is 1. The maximum atomic E-state index is 11.5. The number of carboxylic acids is 1. The summed E-state index contributed by atoms with van der Waals surface area (Å²) in [6, 6.07) is 7.86.